The smallest absolute Gasteiger partial charge is 0.338 e. The van der Waals surface area contributed by atoms with Crippen LogP contribution in [0.1, 0.15) is 28.4 Å². The topological polar surface area (TPSA) is 102 Å². The first-order valence-corrected chi connectivity index (χ1v) is 12.4. The molecule has 1 N–H and O–H groups in total. The van der Waals surface area contributed by atoms with Crippen LogP contribution in [0.4, 0.5) is 11.4 Å². The highest BCUT2D eigenvalue weighted by molar-refractivity contribution is 7.92. The molecule has 0 radical (unpaired) electrons. The van der Waals surface area contributed by atoms with Gasteiger partial charge in [0.05, 0.1) is 29.9 Å². The van der Waals surface area contributed by atoms with Gasteiger partial charge in [0.1, 0.15) is 12.3 Å². The van der Waals surface area contributed by atoms with Crippen LogP contribution in [-0.4, -0.2) is 40.6 Å². The molecular weight excluding hydrogens is 468 g/mol. The summed E-state index contributed by atoms with van der Waals surface area (Å²) in [6.45, 7) is 5.12. The standard InChI is InChI=1S/C26H28N2O6S/c1-5-34-26(30)20-8-15-24(19(3)16-20)27-25(29)17-28(21-9-11-22(33-4)12-10-21)35(31,32)23-13-6-18(2)7-14-23/h6-16H,5,17H2,1-4H3,(H,27,29). The number of nitrogens with one attached hydrogen (secondary N) is 1. The van der Waals surface area contributed by atoms with Gasteiger partial charge in [-0.3, -0.25) is 9.10 Å². The highest BCUT2D eigenvalue weighted by Gasteiger charge is 2.27. The average molecular weight is 497 g/mol. The molecular formula is C26H28N2O6S. The van der Waals surface area contributed by atoms with E-state index in [-0.39, 0.29) is 11.5 Å². The van der Waals surface area contributed by atoms with Crippen molar-refractivity contribution in [1.82, 2.24) is 0 Å². The zero-order valence-corrected chi connectivity index (χ0v) is 20.9. The van der Waals surface area contributed by atoms with Crippen molar-refractivity contribution in [3.63, 3.8) is 0 Å². The Kier molecular flexibility index (Phi) is 8.14. The van der Waals surface area contributed by atoms with Gasteiger partial charge in [-0.05, 0) is 80.9 Å². The summed E-state index contributed by atoms with van der Waals surface area (Å²) in [5.41, 5.74) is 2.70. The number of aryl methyl sites for hydroxylation is 2. The zero-order chi connectivity index (χ0) is 25.6. The molecule has 0 atom stereocenters. The van der Waals surface area contributed by atoms with Crippen molar-refractivity contribution in [2.24, 2.45) is 0 Å². The zero-order valence-electron chi connectivity index (χ0n) is 20.1. The summed E-state index contributed by atoms with van der Waals surface area (Å²) in [5.74, 6) is -0.435. The quantitative estimate of drug-likeness (QED) is 0.443. The molecule has 1 amide bonds. The number of hydrogen-bond donors (Lipinski definition) is 1. The third-order valence-corrected chi connectivity index (χ3v) is 7.06. The lowest BCUT2D eigenvalue weighted by atomic mass is 10.1. The van der Waals surface area contributed by atoms with Gasteiger partial charge >= 0.3 is 5.97 Å². The highest BCUT2D eigenvalue weighted by atomic mass is 32.2. The van der Waals surface area contributed by atoms with E-state index in [1.165, 1.54) is 19.2 Å². The van der Waals surface area contributed by atoms with Crippen LogP contribution in [-0.2, 0) is 19.6 Å². The number of benzene rings is 3. The lowest BCUT2D eigenvalue weighted by Gasteiger charge is -2.24. The Bertz CT molecular complexity index is 1300. The molecule has 0 spiro atoms. The molecule has 8 nitrogen and oxygen atoms in total. The third-order valence-electron chi connectivity index (χ3n) is 5.27. The highest BCUT2D eigenvalue weighted by Crippen LogP contribution is 2.26. The minimum atomic E-state index is -4.04. The molecule has 0 unspecified atom stereocenters. The fourth-order valence-electron chi connectivity index (χ4n) is 3.37. The van der Waals surface area contributed by atoms with Gasteiger partial charge in [-0.15, -0.1) is 0 Å². The molecule has 35 heavy (non-hydrogen) atoms. The van der Waals surface area contributed by atoms with Crippen LogP contribution in [0.25, 0.3) is 0 Å². The number of sulfonamides is 1. The Morgan fingerprint density at radius 1 is 0.943 bits per heavy atom. The second-order valence-corrected chi connectivity index (χ2v) is 9.68. The van der Waals surface area contributed by atoms with Crippen LogP contribution in [0.2, 0.25) is 0 Å². The molecule has 3 rings (SSSR count). The molecule has 0 aromatic heterocycles. The molecule has 0 fully saturated rings. The Morgan fingerprint density at radius 3 is 2.17 bits per heavy atom. The Morgan fingerprint density at radius 2 is 1.60 bits per heavy atom. The Hall–Kier alpha value is -3.85. The summed E-state index contributed by atoms with van der Waals surface area (Å²) >= 11 is 0. The summed E-state index contributed by atoms with van der Waals surface area (Å²) < 4.78 is 38.2. The van der Waals surface area contributed by atoms with E-state index < -0.39 is 28.4 Å². The van der Waals surface area contributed by atoms with Gasteiger partial charge in [0.15, 0.2) is 0 Å². The van der Waals surface area contributed by atoms with Crippen LogP contribution < -0.4 is 14.4 Å². The predicted molar refractivity (Wildman–Crippen MR) is 134 cm³/mol. The maximum Gasteiger partial charge on any atom is 0.338 e. The van der Waals surface area contributed by atoms with E-state index in [1.807, 2.05) is 6.92 Å². The first-order chi connectivity index (χ1) is 16.6. The van der Waals surface area contributed by atoms with Gasteiger partial charge in [0.2, 0.25) is 5.91 Å². The molecule has 3 aromatic rings. The number of rotatable bonds is 9. The number of amides is 1. The van der Waals surface area contributed by atoms with Crippen molar-refractivity contribution < 1.29 is 27.5 Å². The maximum absolute atomic E-state index is 13.5. The SMILES string of the molecule is CCOC(=O)c1ccc(NC(=O)CN(c2ccc(OC)cc2)S(=O)(=O)c2ccc(C)cc2)c(C)c1. The van der Waals surface area contributed by atoms with Crippen molar-refractivity contribution >= 4 is 33.3 Å². The molecule has 0 heterocycles. The largest absolute Gasteiger partial charge is 0.497 e. The van der Waals surface area contributed by atoms with E-state index in [1.54, 1.807) is 68.4 Å². The average Bonchev–Trinajstić information content (AvgIpc) is 2.84. The predicted octanol–water partition coefficient (Wildman–Crippen LogP) is 4.32. The van der Waals surface area contributed by atoms with Gasteiger partial charge in [-0.25, -0.2) is 13.2 Å². The first kappa shape index (κ1) is 25.8. The molecule has 9 heteroatoms. The lowest BCUT2D eigenvalue weighted by Crippen LogP contribution is -2.38. The van der Waals surface area contributed by atoms with Crippen LogP contribution in [0.3, 0.4) is 0 Å². The van der Waals surface area contributed by atoms with Gasteiger partial charge in [-0.2, -0.15) is 0 Å². The fraction of sp³-hybridized carbons (Fsp3) is 0.231. The van der Waals surface area contributed by atoms with E-state index in [9.17, 15) is 18.0 Å². The van der Waals surface area contributed by atoms with E-state index in [2.05, 4.69) is 5.32 Å². The molecule has 0 aliphatic carbocycles. The van der Waals surface area contributed by atoms with E-state index in [4.69, 9.17) is 9.47 Å². The van der Waals surface area contributed by atoms with Crippen molar-refractivity contribution in [3.8, 4) is 5.75 Å². The van der Waals surface area contributed by atoms with Crippen LogP contribution in [0.5, 0.6) is 5.75 Å². The van der Waals surface area contributed by atoms with Crippen molar-refractivity contribution in [3.05, 3.63) is 83.4 Å². The normalized spacial score (nSPS) is 11.0. The third kappa shape index (κ3) is 6.19. The Balaban J connectivity index is 1.89. The molecule has 3 aromatic carbocycles. The summed E-state index contributed by atoms with van der Waals surface area (Å²) in [4.78, 5) is 25.0. The molecule has 184 valence electrons. The van der Waals surface area contributed by atoms with E-state index in [0.717, 1.165) is 9.87 Å². The number of carbonyl (C=O) groups excluding carboxylic acids is 2. The Labute approximate surface area is 205 Å². The van der Waals surface area contributed by atoms with Crippen LogP contribution in [0.15, 0.2) is 71.6 Å². The monoisotopic (exact) mass is 496 g/mol. The minimum absolute atomic E-state index is 0.0710. The van der Waals surface area contributed by atoms with E-state index >= 15 is 0 Å². The molecule has 0 bridgehead atoms. The number of esters is 1. The van der Waals surface area contributed by atoms with Crippen LogP contribution in [0, 0.1) is 13.8 Å². The molecule has 0 saturated heterocycles. The van der Waals surface area contributed by atoms with Gasteiger partial charge < -0.3 is 14.8 Å². The first-order valence-electron chi connectivity index (χ1n) is 11.0. The second-order valence-electron chi connectivity index (χ2n) is 7.82. The number of hydrogen-bond acceptors (Lipinski definition) is 6. The summed E-state index contributed by atoms with van der Waals surface area (Å²) in [7, 11) is -2.53. The molecule has 0 aliphatic rings. The van der Waals surface area contributed by atoms with Crippen LogP contribution >= 0.6 is 0 Å². The van der Waals surface area contributed by atoms with Crippen molar-refractivity contribution in [1.29, 1.82) is 0 Å². The van der Waals surface area contributed by atoms with Gasteiger partial charge in [-0.1, -0.05) is 17.7 Å². The number of methoxy groups -OCH3 is 1. The number of anilines is 2. The summed E-state index contributed by atoms with van der Waals surface area (Å²) in [6.07, 6.45) is 0. The lowest BCUT2D eigenvalue weighted by molar-refractivity contribution is -0.114. The second kappa shape index (κ2) is 11.1. The van der Waals surface area contributed by atoms with Crippen molar-refractivity contribution in [2.45, 2.75) is 25.7 Å². The minimum Gasteiger partial charge on any atom is -0.497 e. The van der Waals surface area contributed by atoms with Gasteiger partial charge in [0, 0.05) is 5.69 Å². The fourth-order valence-corrected chi connectivity index (χ4v) is 4.79. The molecule has 0 saturated carbocycles. The van der Waals surface area contributed by atoms with Gasteiger partial charge in [0.25, 0.3) is 10.0 Å². The summed E-state index contributed by atoms with van der Waals surface area (Å²) in [5, 5.41) is 2.74. The number of nitrogens with zero attached hydrogens (tertiary/aromatic N) is 1. The van der Waals surface area contributed by atoms with E-state index in [0.29, 0.717) is 28.3 Å². The van der Waals surface area contributed by atoms with Crippen molar-refractivity contribution in [2.75, 3.05) is 29.9 Å². The number of carbonyl (C=O) groups is 2. The summed E-state index contributed by atoms with van der Waals surface area (Å²) in [6, 6.07) is 17.6. The maximum atomic E-state index is 13.5. The number of ether oxygens (including phenoxy) is 2. The molecule has 0 aliphatic heterocycles.